The van der Waals surface area contributed by atoms with Crippen LogP contribution in [0.5, 0.6) is 11.5 Å². The van der Waals surface area contributed by atoms with E-state index in [4.69, 9.17) is 29.9 Å². The Morgan fingerprint density at radius 3 is 1.33 bits per heavy atom. The Kier molecular flexibility index (Phi) is 18.0. The SMILES string of the molecule is CCN(C)C(=O)Oc1ccc2c(c1)NCC2CCC(=O)OC.CCN(C)C(=O)Oc1ccc2c(c1)NCC2CCC(=O)OC.O=C(O)C(O)C(O)C(=O)O. The predicted octanol–water partition coefficient (Wildman–Crippen LogP) is 3.08. The highest BCUT2D eigenvalue weighted by Gasteiger charge is 2.29. The van der Waals surface area contributed by atoms with Crippen LogP contribution in [0.1, 0.15) is 62.5 Å². The van der Waals surface area contributed by atoms with E-state index < -0.39 is 24.1 Å². The van der Waals surface area contributed by atoms with Gasteiger partial charge in [-0.15, -0.1) is 0 Å². The van der Waals surface area contributed by atoms with E-state index in [2.05, 4.69) is 20.1 Å². The number of hydrogen-bond donors (Lipinski definition) is 6. The number of hydrogen-bond acceptors (Lipinski definition) is 14. The molecule has 0 aromatic heterocycles. The summed E-state index contributed by atoms with van der Waals surface area (Å²) in [5, 5.41) is 39.1. The largest absolute Gasteiger partial charge is 0.479 e. The zero-order valence-electron chi connectivity index (χ0n) is 31.2. The van der Waals surface area contributed by atoms with Gasteiger partial charge in [0.05, 0.1) is 14.2 Å². The molecule has 6 N–H and O–H groups in total. The van der Waals surface area contributed by atoms with Crippen molar-refractivity contribution in [1.29, 1.82) is 0 Å². The molecule has 2 aliphatic rings. The van der Waals surface area contributed by atoms with Crippen molar-refractivity contribution >= 4 is 47.4 Å². The molecule has 0 saturated heterocycles. The lowest BCUT2D eigenvalue weighted by Crippen LogP contribution is -2.39. The van der Waals surface area contributed by atoms with E-state index in [1.165, 1.54) is 24.0 Å². The maximum atomic E-state index is 11.8. The monoisotopic (exact) mass is 762 g/mol. The van der Waals surface area contributed by atoms with Crippen molar-refractivity contribution in [3.63, 3.8) is 0 Å². The Bertz CT molecular complexity index is 1500. The number of carbonyl (C=O) groups excluding carboxylic acids is 4. The van der Waals surface area contributed by atoms with Gasteiger partial charge in [-0.05, 0) is 49.9 Å². The minimum absolute atomic E-state index is 0.193. The standard InChI is InChI=1S/2C16H22N2O4.C4H6O6/c2*1-4-18(2)16(20)22-12-6-7-13-11(5-8-15(19)21-3)10-17-14(13)9-12;5-1(3(7)8)2(6)4(9)10/h2*6-7,9,11,17H,4-5,8,10H2,1-3H3;1-2,5-6H,(H,7,8)(H,9,10). The van der Waals surface area contributed by atoms with E-state index in [1.807, 2.05) is 38.1 Å². The van der Waals surface area contributed by atoms with Gasteiger partial charge in [-0.2, -0.15) is 0 Å². The first-order valence-corrected chi connectivity index (χ1v) is 17.1. The average Bonchev–Trinajstić information content (AvgIpc) is 3.77. The molecule has 2 aromatic rings. The van der Waals surface area contributed by atoms with Gasteiger partial charge in [0.2, 0.25) is 0 Å². The second kappa shape index (κ2) is 21.8. The molecule has 0 fully saturated rings. The molecule has 18 heteroatoms. The number of rotatable bonds is 13. The van der Waals surface area contributed by atoms with Crippen LogP contribution in [0.4, 0.5) is 21.0 Å². The number of ether oxygens (including phenoxy) is 4. The lowest BCUT2D eigenvalue weighted by molar-refractivity contribution is -0.165. The molecule has 298 valence electrons. The van der Waals surface area contributed by atoms with Crippen molar-refractivity contribution in [2.45, 2.75) is 63.6 Å². The van der Waals surface area contributed by atoms with Gasteiger partial charge in [0, 0.05) is 88.5 Å². The number of methoxy groups -OCH3 is 2. The second-order valence-corrected chi connectivity index (χ2v) is 12.2. The highest BCUT2D eigenvalue weighted by atomic mass is 16.6. The summed E-state index contributed by atoms with van der Waals surface area (Å²) in [4.78, 5) is 68.5. The van der Waals surface area contributed by atoms with Crippen molar-refractivity contribution in [3.05, 3.63) is 47.5 Å². The van der Waals surface area contributed by atoms with Crippen LogP contribution >= 0.6 is 0 Å². The average molecular weight is 763 g/mol. The Hall–Kier alpha value is -5.62. The molecule has 4 rings (SSSR count). The number of carboxylic acids is 2. The number of amides is 2. The Morgan fingerprint density at radius 1 is 0.685 bits per heavy atom. The molecule has 2 amide bonds. The van der Waals surface area contributed by atoms with Gasteiger partial charge in [0.1, 0.15) is 11.5 Å². The fourth-order valence-corrected chi connectivity index (χ4v) is 5.09. The highest BCUT2D eigenvalue weighted by molar-refractivity contribution is 5.83. The molecule has 4 atom stereocenters. The first-order chi connectivity index (χ1) is 25.6. The van der Waals surface area contributed by atoms with Gasteiger partial charge in [-0.3, -0.25) is 9.59 Å². The number of nitrogens with zero attached hydrogens (tertiary/aromatic N) is 2. The fraction of sp³-hybridized carbons (Fsp3) is 0.500. The van der Waals surface area contributed by atoms with Crippen LogP contribution in [0.2, 0.25) is 0 Å². The maximum Gasteiger partial charge on any atom is 0.414 e. The third kappa shape index (κ3) is 13.4. The molecule has 2 aromatic carbocycles. The Morgan fingerprint density at radius 2 is 1.04 bits per heavy atom. The van der Waals surface area contributed by atoms with E-state index in [9.17, 15) is 28.8 Å². The van der Waals surface area contributed by atoms with Gasteiger partial charge < -0.3 is 59.8 Å². The zero-order valence-corrected chi connectivity index (χ0v) is 31.2. The molecule has 2 aliphatic heterocycles. The van der Waals surface area contributed by atoms with Gasteiger partial charge in [0.25, 0.3) is 0 Å². The number of esters is 2. The number of carboxylic acid groups (broad SMARTS) is 2. The topological polar surface area (TPSA) is 251 Å². The summed E-state index contributed by atoms with van der Waals surface area (Å²) in [7, 11) is 6.18. The van der Waals surface area contributed by atoms with Crippen LogP contribution in [0.15, 0.2) is 36.4 Å². The fourth-order valence-electron chi connectivity index (χ4n) is 5.09. The second-order valence-electron chi connectivity index (χ2n) is 12.2. The summed E-state index contributed by atoms with van der Waals surface area (Å²) in [6, 6.07) is 11.1. The van der Waals surface area contributed by atoms with Crippen molar-refractivity contribution in [3.8, 4) is 11.5 Å². The van der Waals surface area contributed by atoms with Crippen LogP contribution in [0.3, 0.4) is 0 Å². The molecule has 4 unspecified atom stereocenters. The van der Waals surface area contributed by atoms with E-state index in [1.54, 1.807) is 26.2 Å². The lowest BCUT2D eigenvalue weighted by Gasteiger charge is -2.15. The van der Waals surface area contributed by atoms with E-state index >= 15 is 0 Å². The van der Waals surface area contributed by atoms with Gasteiger partial charge in [-0.1, -0.05) is 12.1 Å². The Labute approximate surface area is 312 Å². The number of aliphatic carboxylic acids is 2. The summed E-state index contributed by atoms with van der Waals surface area (Å²) in [6.45, 7) is 6.52. The molecule has 54 heavy (non-hydrogen) atoms. The van der Waals surface area contributed by atoms with Crippen molar-refractivity contribution in [1.82, 2.24) is 9.80 Å². The molecule has 0 spiro atoms. The molecule has 0 radical (unpaired) electrons. The molecular formula is C36H50N4O14. The van der Waals surface area contributed by atoms with Crippen molar-refractivity contribution in [2.75, 3.05) is 65.1 Å². The highest BCUT2D eigenvalue weighted by Crippen LogP contribution is 2.38. The molecule has 2 heterocycles. The van der Waals surface area contributed by atoms with Crippen LogP contribution in [0, 0.1) is 0 Å². The molecule has 0 bridgehead atoms. The van der Waals surface area contributed by atoms with Crippen LogP contribution < -0.4 is 20.1 Å². The van der Waals surface area contributed by atoms with Crippen molar-refractivity contribution < 1.29 is 68.1 Å². The van der Waals surface area contributed by atoms with Crippen LogP contribution in [-0.4, -0.2) is 133 Å². The normalized spacial score (nSPS) is 15.7. The summed E-state index contributed by atoms with van der Waals surface area (Å²) < 4.78 is 20.0. The maximum absolute atomic E-state index is 11.8. The summed E-state index contributed by atoms with van der Waals surface area (Å²) >= 11 is 0. The van der Waals surface area contributed by atoms with E-state index in [-0.39, 0.29) is 36.0 Å². The smallest absolute Gasteiger partial charge is 0.414 e. The predicted molar refractivity (Wildman–Crippen MR) is 194 cm³/mol. The van der Waals surface area contributed by atoms with Gasteiger partial charge in [0.15, 0.2) is 12.2 Å². The number of aliphatic hydroxyl groups is 2. The van der Waals surface area contributed by atoms with Crippen LogP contribution in [-0.2, 0) is 28.7 Å². The third-order valence-electron chi connectivity index (χ3n) is 8.64. The van der Waals surface area contributed by atoms with Gasteiger partial charge in [-0.25, -0.2) is 19.2 Å². The Balaban J connectivity index is 0.000000301. The minimum atomic E-state index is -2.27. The number of fused-ring (bicyclic) bond motifs is 2. The quantitative estimate of drug-likeness (QED) is 0.160. The van der Waals surface area contributed by atoms with Crippen LogP contribution in [0.25, 0.3) is 0 Å². The summed E-state index contributed by atoms with van der Waals surface area (Å²) in [5.41, 5.74) is 4.21. The first-order valence-electron chi connectivity index (χ1n) is 17.1. The molecule has 0 saturated carbocycles. The number of nitrogens with one attached hydrogen (secondary N) is 2. The molecular weight excluding hydrogens is 712 g/mol. The number of carbonyl (C=O) groups is 6. The van der Waals surface area contributed by atoms with Crippen molar-refractivity contribution in [2.24, 2.45) is 0 Å². The summed E-state index contributed by atoms with van der Waals surface area (Å²) in [6.07, 6.45) is -2.99. The first kappa shape index (κ1) is 44.5. The third-order valence-corrected chi connectivity index (χ3v) is 8.64. The van der Waals surface area contributed by atoms with E-state index in [0.717, 1.165) is 48.4 Å². The lowest BCUT2D eigenvalue weighted by atomic mass is 9.96. The molecule has 0 aliphatic carbocycles. The molecule has 18 nitrogen and oxygen atoms in total. The minimum Gasteiger partial charge on any atom is -0.479 e. The number of benzene rings is 2. The van der Waals surface area contributed by atoms with E-state index in [0.29, 0.717) is 37.4 Å². The number of anilines is 2. The zero-order chi connectivity index (χ0) is 40.5. The summed E-state index contributed by atoms with van der Waals surface area (Å²) in [5.74, 6) is -2.34. The number of aliphatic hydroxyl groups excluding tert-OH is 2. The van der Waals surface area contributed by atoms with Gasteiger partial charge >= 0.3 is 36.1 Å².